The van der Waals surface area contributed by atoms with Crippen molar-refractivity contribution in [3.05, 3.63) is 106 Å². The molecule has 0 aliphatic rings. The van der Waals surface area contributed by atoms with E-state index in [1.807, 2.05) is 61.5 Å². The van der Waals surface area contributed by atoms with Crippen LogP contribution in [0, 0.1) is 6.92 Å². The maximum absolute atomic E-state index is 13.4. The number of aryl methyl sites for hydroxylation is 1. The lowest BCUT2D eigenvalue weighted by atomic mass is 10.1. The van der Waals surface area contributed by atoms with Gasteiger partial charge in [0.25, 0.3) is 11.5 Å². The maximum atomic E-state index is 13.4. The summed E-state index contributed by atoms with van der Waals surface area (Å²) in [5, 5.41) is 0.925. The van der Waals surface area contributed by atoms with Crippen LogP contribution in [0.3, 0.4) is 0 Å². The first kappa shape index (κ1) is 19.5. The van der Waals surface area contributed by atoms with E-state index in [-0.39, 0.29) is 18.0 Å². The standard InChI is InChI=1S/C25H22N2O3/c1-17-7-3-6-10-23(17)27(25(29)18-11-13-21(30-2)14-12-18)16-20-15-19-8-4-5-9-22(19)26-24(20)28/h3-15H,16H2,1-2H3,(H,26,28). The number of amides is 1. The fourth-order valence-electron chi connectivity index (χ4n) is 3.50. The SMILES string of the molecule is COc1ccc(C(=O)N(Cc2cc3ccccc3[nH]c2=O)c2ccccc2C)cc1. The number of benzene rings is 3. The Bertz CT molecular complexity index is 1260. The monoisotopic (exact) mass is 398 g/mol. The lowest BCUT2D eigenvalue weighted by molar-refractivity contribution is 0.0985. The normalized spacial score (nSPS) is 10.7. The van der Waals surface area contributed by atoms with Gasteiger partial charge in [-0.3, -0.25) is 9.59 Å². The third kappa shape index (κ3) is 3.82. The van der Waals surface area contributed by atoms with Crippen molar-refractivity contribution >= 4 is 22.5 Å². The molecule has 0 atom stereocenters. The van der Waals surface area contributed by atoms with E-state index in [9.17, 15) is 9.59 Å². The highest BCUT2D eigenvalue weighted by Crippen LogP contribution is 2.25. The van der Waals surface area contributed by atoms with Gasteiger partial charge in [-0.1, -0.05) is 36.4 Å². The van der Waals surface area contributed by atoms with E-state index in [0.29, 0.717) is 16.9 Å². The molecule has 0 radical (unpaired) electrons. The molecule has 0 saturated carbocycles. The van der Waals surface area contributed by atoms with Crippen LogP contribution in [0.1, 0.15) is 21.5 Å². The van der Waals surface area contributed by atoms with Gasteiger partial charge >= 0.3 is 0 Å². The average Bonchev–Trinajstić information content (AvgIpc) is 2.78. The molecule has 0 aliphatic heterocycles. The van der Waals surface area contributed by atoms with Gasteiger partial charge in [-0.2, -0.15) is 0 Å². The summed E-state index contributed by atoms with van der Waals surface area (Å²) in [6, 6.07) is 24.1. The first-order chi connectivity index (χ1) is 14.6. The number of hydrogen-bond donors (Lipinski definition) is 1. The Balaban J connectivity index is 1.78. The molecule has 3 aromatic carbocycles. The van der Waals surface area contributed by atoms with Gasteiger partial charge in [0, 0.05) is 22.3 Å². The molecule has 0 saturated heterocycles. The summed E-state index contributed by atoms with van der Waals surface area (Å²) in [6.07, 6.45) is 0. The molecule has 4 rings (SSSR count). The van der Waals surface area contributed by atoms with Gasteiger partial charge in [0.1, 0.15) is 5.75 Å². The molecule has 1 heterocycles. The smallest absolute Gasteiger partial charge is 0.258 e. The van der Waals surface area contributed by atoms with Crippen LogP contribution in [0.5, 0.6) is 5.75 Å². The summed E-state index contributed by atoms with van der Waals surface area (Å²) >= 11 is 0. The van der Waals surface area contributed by atoms with Crippen molar-refractivity contribution in [1.82, 2.24) is 4.98 Å². The van der Waals surface area contributed by atoms with Crippen molar-refractivity contribution in [3.63, 3.8) is 0 Å². The predicted octanol–water partition coefficient (Wildman–Crippen LogP) is 4.69. The maximum Gasteiger partial charge on any atom is 0.258 e. The van der Waals surface area contributed by atoms with Crippen LogP contribution in [-0.2, 0) is 6.54 Å². The molecule has 30 heavy (non-hydrogen) atoms. The van der Waals surface area contributed by atoms with Gasteiger partial charge < -0.3 is 14.6 Å². The summed E-state index contributed by atoms with van der Waals surface area (Å²) in [4.78, 5) is 30.7. The Labute approximate surface area is 174 Å². The number of carbonyl (C=O) groups excluding carboxylic acids is 1. The molecule has 0 aliphatic carbocycles. The van der Waals surface area contributed by atoms with E-state index in [1.165, 1.54) is 0 Å². The van der Waals surface area contributed by atoms with Gasteiger partial charge in [0.2, 0.25) is 0 Å². The second kappa shape index (κ2) is 8.25. The molecule has 1 N–H and O–H groups in total. The first-order valence-corrected chi connectivity index (χ1v) is 9.69. The van der Waals surface area contributed by atoms with Crippen molar-refractivity contribution in [2.75, 3.05) is 12.0 Å². The fourth-order valence-corrected chi connectivity index (χ4v) is 3.50. The van der Waals surface area contributed by atoms with Crippen LogP contribution >= 0.6 is 0 Å². The number of fused-ring (bicyclic) bond motifs is 1. The number of nitrogens with zero attached hydrogens (tertiary/aromatic N) is 1. The third-order valence-electron chi connectivity index (χ3n) is 5.15. The Hall–Kier alpha value is -3.86. The summed E-state index contributed by atoms with van der Waals surface area (Å²) in [7, 11) is 1.59. The molecule has 150 valence electrons. The lowest BCUT2D eigenvalue weighted by Crippen LogP contribution is -2.33. The van der Waals surface area contributed by atoms with E-state index in [4.69, 9.17) is 4.74 Å². The second-order valence-corrected chi connectivity index (χ2v) is 7.12. The molecule has 0 bridgehead atoms. The van der Waals surface area contributed by atoms with Gasteiger partial charge in [-0.25, -0.2) is 0 Å². The largest absolute Gasteiger partial charge is 0.497 e. The van der Waals surface area contributed by atoms with Crippen molar-refractivity contribution in [1.29, 1.82) is 0 Å². The molecular weight excluding hydrogens is 376 g/mol. The van der Waals surface area contributed by atoms with Crippen LogP contribution in [-0.4, -0.2) is 18.0 Å². The van der Waals surface area contributed by atoms with Crippen LogP contribution in [0.25, 0.3) is 10.9 Å². The molecule has 5 heteroatoms. The zero-order valence-corrected chi connectivity index (χ0v) is 16.9. The summed E-state index contributed by atoms with van der Waals surface area (Å²) in [5.41, 5.74) is 3.35. The number of para-hydroxylation sites is 2. The number of H-pyrrole nitrogens is 1. The van der Waals surface area contributed by atoms with Crippen LogP contribution in [0.4, 0.5) is 5.69 Å². The Morgan fingerprint density at radius 2 is 1.67 bits per heavy atom. The van der Waals surface area contributed by atoms with Gasteiger partial charge in [0.15, 0.2) is 0 Å². The highest BCUT2D eigenvalue weighted by molar-refractivity contribution is 6.06. The molecule has 0 spiro atoms. The van der Waals surface area contributed by atoms with Crippen molar-refractivity contribution in [2.45, 2.75) is 13.5 Å². The highest BCUT2D eigenvalue weighted by atomic mass is 16.5. The van der Waals surface area contributed by atoms with E-state index in [0.717, 1.165) is 22.2 Å². The van der Waals surface area contributed by atoms with Gasteiger partial charge in [-0.15, -0.1) is 0 Å². The van der Waals surface area contributed by atoms with Crippen LogP contribution in [0.15, 0.2) is 83.7 Å². The molecule has 1 amide bonds. The number of pyridine rings is 1. The average molecular weight is 398 g/mol. The highest BCUT2D eigenvalue weighted by Gasteiger charge is 2.21. The second-order valence-electron chi connectivity index (χ2n) is 7.12. The molecule has 0 fully saturated rings. The Morgan fingerprint density at radius 1 is 0.967 bits per heavy atom. The number of hydrogen-bond acceptors (Lipinski definition) is 3. The number of carbonyl (C=O) groups is 1. The van der Waals surface area contributed by atoms with Crippen molar-refractivity contribution in [3.8, 4) is 5.75 Å². The first-order valence-electron chi connectivity index (χ1n) is 9.69. The zero-order chi connectivity index (χ0) is 21.1. The molecule has 5 nitrogen and oxygen atoms in total. The molecule has 1 aromatic heterocycles. The number of ether oxygens (including phenoxy) is 1. The van der Waals surface area contributed by atoms with Gasteiger partial charge in [0.05, 0.1) is 13.7 Å². The number of aromatic amines is 1. The minimum atomic E-state index is -0.199. The minimum absolute atomic E-state index is 0.163. The number of methoxy groups -OCH3 is 1. The minimum Gasteiger partial charge on any atom is -0.497 e. The van der Waals surface area contributed by atoms with E-state index >= 15 is 0 Å². The lowest BCUT2D eigenvalue weighted by Gasteiger charge is -2.25. The summed E-state index contributed by atoms with van der Waals surface area (Å²) < 4.78 is 5.20. The topological polar surface area (TPSA) is 62.4 Å². The predicted molar refractivity (Wildman–Crippen MR) is 119 cm³/mol. The van der Waals surface area contributed by atoms with Crippen LogP contribution in [0.2, 0.25) is 0 Å². The summed E-state index contributed by atoms with van der Waals surface area (Å²) in [6.45, 7) is 2.12. The molecule has 0 unspecified atom stereocenters. The van der Waals surface area contributed by atoms with Crippen molar-refractivity contribution < 1.29 is 9.53 Å². The number of rotatable bonds is 5. The molecule has 4 aromatic rings. The number of aromatic nitrogens is 1. The Morgan fingerprint density at radius 3 is 2.40 bits per heavy atom. The number of anilines is 1. The third-order valence-corrected chi connectivity index (χ3v) is 5.15. The fraction of sp³-hybridized carbons (Fsp3) is 0.120. The van der Waals surface area contributed by atoms with Gasteiger partial charge in [-0.05, 0) is 60.3 Å². The number of nitrogens with one attached hydrogen (secondary N) is 1. The Kier molecular flexibility index (Phi) is 5.35. The zero-order valence-electron chi connectivity index (χ0n) is 16.9. The summed E-state index contributed by atoms with van der Waals surface area (Å²) in [5.74, 6) is 0.500. The molecular formula is C25H22N2O3. The van der Waals surface area contributed by atoms with E-state index in [1.54, 1.807) is 36.3 Å². The van der Waals surface area contributed by atoms with E-state index in [2.05, 4.69) is 4.98 Å². The van der Waals surface area contributed by atoms with Crippen LogP contribution < -0.4 is 15.2 Å². The quantitative estimate of drug-likeness (QED) is 0.530. The van der Waals surface area contributed by atoms with E-state index < -0.39 is 0 Å². The van der Waals surface area contributed by atoms with Crippen molar-refractivity contribution in [2.24, 2.45) is 0 Å².